The molecule has 0 radical (unpaired) electrons. The number of hydrogen-bond acceptors (Lipinski definition) is 3. The molecule has 0 unspecified atom stereocenters. The van der Waals surface area contributed by atoms with Crippen LogP contribution >= 0.6 is 0 Å². The van der Waals surface area contributed by atoms with Gasteiger partial charge < -0.3 is 5.32 Å². The minimum absolute atomic E-state index is 0.319. The molecule has 0 saturated carbocycles. The topological polar surface area (TPSA) is 70.7 Å². The number of hydrogen-bond donors (Lipinski definition) is 2. The van der Waals surface area contributed by atoms with Gasteiger partial charge in [0, 0.05) is 6.54 Å². The van der Waals surface area contributed by atoms with E-state index in [1.807, 2.05) is 5.32 Å². The van der Waals surface area contributed by atoms with Gasteiger partial charge in [0.2, 0.25) is 0 Å². The fraction of sp³-hybridized carbons (Fsp3) is 0.308. The summed E-state index contributed by atoms with van der Waals surface area (Å²) in [5.74, 6) is -7.04. The summed E-state index contributed by atoms with van der Waals surface area (Å²) in [6.07, 6.45) is -2.84. The van der Waals surface area contributed by atoms with Crippen LogP contribution in [0.15, 0.2) is 36.7 Å². The number of H-pyrrole nitrogens is 1. The monoisotopic (exact) mass is 316 g/mol. The average molecular weight is 316 g/mol. The third kappa shape index (κ3) is 3.41. The van der Waals surface area contributed by atoms with Crippen molar-refractivity contribution in [2.75, 3.05) is 6.54 Å². The molecule has 0 aliphatic carbocycles. The van der Waals surface area contributed by atoms with Crippen molar-refractivity contribution in [3.8, 4) is 0 Å². The van der Waals surface area contributed by atoms with Crippen LogP contribution in [0.5, 0.6) is 0 Å². The fourth-order valence-corrected chi connectivity index (χ4v) is 1.85. The zero-order valence-electron chi connectivity index (χ0n) is 11.1. The van der Waals surface area contributed by atoms with E-state index < -0.39 is 24.2 Å². The van der Waals surface area contributed by atoms with Crippen molar-refractivity contribution >= 4 is 5.91 Å². The lowest BCUT2D eigenvalue weighted by atomic mass is 9.98. The lowest BCUT2D eigenvalue weighted by Gasteiger charge is -2.19. The maximum atomic E-state index is 12.9. The number of benzene rings is 1. The van der Waals surface area contributed by atoms with Crippen LogP contribution in [0, 0.1) is 0 Å². The summed E-state index contributed by atoms with van der Waals surface area (Å²) < 4.78 is 50.2. The molecule has 0 fully saturated rings. The summed E-state index contributed by atoms with van der Waals surface area (Å²) in [7, 11) is 0. The van der Waals surface area contributed by atoms with E-state index >= 15 is 0 Å². The number of rotatable bonds is 6. The Morgan fingerprint density at radius 3 is 2.50 bits per heavy atom. The summed E-state index contributed by atoms with van der Waals surface area (Å²) in [6.45, 7) is -0.319. The third-order valence-corrected chi connectivity index (χ3v) is 3.01. The van der Waals surface area contributed by atoms with Gasteiger partial charge in [0.25, 0.3) is 5.91 Å². The normalized spacial score (nSPS) is 13.1. The molecular formula is C13H12F4N4O. The van der Waals surface area contributed by atoms with Crippen LogP contribution < -0.4 is 5.32 Å². The van der Waals surface area contributed by atoms with Crippen molar-refractivity contribution < 1.29 is 22.4 Å². The van der Waals surface area contributed by atoms with E-state index in [9.17, 15) is 22.4 Å². The molecule has 0 spiro atoms. The Kier molecular flexibility index (Phi) is 4.74. The largest absolute Gasteiger partial charge is 0.383 e. The molecule has 5 nitrogen and oxygen atoms in total. The van der Waals surface area contributed by atoms with Gasteiger partial charge >= 0.3 is 12.3 Å². The van der Waals surface area contributed by atoms with Gasteiger partial charge in [0.15, 0.2) is 0 Å². The molecule has 0 bridgehead atoms. The quantitative estimate of drug-likeness (QED) is 0.800. The van der Waals surface area contributed by atoms with Gasteiger partial charge in [-0.3, -0.25) is 9.89 Å². The molecule has 2 aromatic rings. The molecule has 2 rings (SSSR count). The molecule has 1 atom stereocenters. The Balaban J connectivity index is 2.14. The summed E-state index contributed by atoms with van der Waals surface area (Å²) in [5.41, 5.74) is 0.667. The highest BCUT2D eigenvalue weighted by atomic mass is 19.3. The summed E-state index contributed by atoms with van der Waals surface area (Å²) in [5, 5.41) is 8.06. The minimum atomic E-state index is -4.73. The van der Waals surface area contributed by atoms with E-state index in [-0.39, 0.29) is 6.54 Å². The second-order valence-corrected chi connectivity index (χ2v) is 4.47. The Hall–Kier alpha value is -2.45. The van der Waals surface area contributed by atoms with Gasteiger partial charge in [0.1, 0.15) is 12.2 Å². The first-order valence-electron chi connectivity index (χ1n) is 6.27. The van der Waals surface area contributed by atoms with Crippen LogP contribution in [-0.2, 0) is 4.79 Å². The molecule has 22 heavy (non-hydrogen) atoms. The maximum absolute atomic E-state index is 12.9. The van der Waals surface area contributed by atoms with E-state index in [1.54, 1.807) is 30.3 Å². The number of carbonyl (C=O) groups excluding carboxylic acids is 1. The number of carbonyl (C=O) groups is 1. The fourth-order valence-electron chi connectivity index (χ4n) is 1.85. The van der Waals surface area contributed by atoms with Crippen molar-refractivity contribution in [3.63, 3.8) is 0 Å². The van der Waals surface area contributed by atoms with E-state index in [0.29, 0.717) is 11.4 Å². The van der Waals surface area contributed by atoms with E-state index in [0.717, 1.165) is 0 Å². The predicted molar refractivity (Wildman–Crippen MR) is 68.6 cm³/mol. The first kappa shape index (κ1) is 15.9. The van der Waals surface area contributed by atoms with Gasteiger partial charge in [-0.2, -0.15) is 13.9 Å². The molecule has 1 aromatic carbocycles. The molecular weight excluding hydrogens is 304 g/mol. The smallest absolute Gasteiger partial charge is 0.350 e. The number of alkyl halides is 4. The van der Waals surface area contributed by atoms with E-state index in [4.69, 9.17) is 0 Å². The summed E-state index contributed by atoms with van der Waals surface area (Å²) in [4.78, 5) is 15.1. The molecule has 0 aliphatic rings. The van der Waals surface area contributed by atoms with Crippen LogP contribution in [-0.4, -0.2) is 40.0 Å². The first-order valence-corrected chi connectivity index (χ1v) is 6.27. The van der Waals surface area contributed by atoms with Crippen molar-refractivity contribution in [1.29, 1.82) is 0 Å². The maximum Gasteiger partial charge on any atom is 0.383 e. The summed E-state index contributed by atoms with van der Waals surface area (Å²) in [6, 6.07) is 8.59. The Morgan fingerprint density at radius 2 is 1.95 bits per heavy atom. The van der Waals surface area contributed by atoms with Crippen LogP contribution in [0.2, 0.25) is 0 Å². The lowest BCUT2D eigenvalue weighted by Crippen LogP contribution is -2.46. The van der Waals surface area contributed by atoms with Gasteiger partial charge in [-0.05, 0) is 5.56 Å². The first-order chi connectivity index (χ1) is 10.4. The number of aromatic nitrogens is 3. The molecule has 9 heteroatoms. The van der Waals surface area contributed by atoms with Gasteiger partial charge in [-0.25, -0.2) is 13.8 Å². The van der Waals surface area contributed by atoms with Crippen molar-refractivity contribution in [2.24, 2.45) is 0 Å². The van der Waals surface area contributed by atoms with Crippen molar-refractivity contribution in [1.82, 2.24) is 20.5 Å². The SMILES string of the molecule is O=C(NC[C@H](c1ccccc1)c1ncn[nH]1)C(F)(F)C(F)F. The number of nitrogens with zero attached hydrogens (tertiary/aromatic N) is 2. The van der Waals surface area contributed by atoms with Crippen molar-refractivity contribution in [2.45, 2.75) is 18.3 Å². The zero-order chi connectivity index (χ0) is 16.2. The molecule has 1 aromatic heterocycles. The average Bonchev–Trinajstić information content (AvgIpc) is 3.02. The van der Waals surface area contributed by atoms with Gasteiger partial charge in [0.05, 0.1) is 5.92 Å². The standard InChI is InChI=1S/C13H12F4N4O/c14-11(15)13(16,17)12(22)18-6-9(10-19-7-20-21-10)8-4-2-1-3-5-8/h1-5,7,9,11H,6H2,(H,18,22)(H,19,20,21)/t9-/m1/s1. The molecule has 0 aliphatic heterocycles. The zero-order valence-corrected chi connectivity index (χ0v) is 11.1. The van der Waals surface area contributed by atoms with Gasteiger partial charge in [-0.15, -0.1) is 0 Å². The molecule has 0 saturated heterocycles. The highest BCUT2D eigenvalue weighted by Crippen LogP contribution is 2.24. The minimum Gasteiger partial charge on any atom is -0.350 e. The Bertz CT molecular complexity index is 604. The second kappa shape index (κ2) is 6.54. The van der Waals surface area contributed by atoms with E-state index in [1.165, 1.54) is 6.33 Å². The predicted octanol–water partition coefficient (Wildman–Crippen LogP) is 1.95. The highest BCUT2D eigenvalue weighted by molar-refractivity contribution is 5.83. The number of aromatic amines is 1. The second-order valence-electron chi connectivity index (χ2n) is 4.47. The summed E-state index contributed by atoms with van der Waals surface area (Å²) >= 11 is 0. The van der Waals surface area contributed by atoms with Crippen LogP contribution in [0.3, 0.4) is 0 Å². The molecule has 1 heterocycles. The third-order valence-electron chi connectivity index (χ3n) is 3.01. The van der Waals surface area contributed by atoms with Gasteiger partial charge in [-0.1, -0.05) is 30.3 Å². The number of amides is 1. The van der Waals surface area contributed by atoms with E-state index in [2.05, 4.69) is 15.2 Å². The Morgan fingerprint density at radius 1 is 1.27 bits per heavy atom. The number of halogens is 4. The van der Waals surface area contributed by atoms with Crippen LogP contribution in [0.25, 0.3) is 0 Å². The molecule has 1 amide bonds. The molecule has 2 N–H and O–H groups in total. The van der Waals surface area contributed by atoms with Crippen LogP contribution in [0.4, 0.5) is 17.6 Å². The van der Waals surface area contributed by atoms with Crippen LogP contribution in [0.1, 0.15) is 17.3 Å². The lowest BCUT2D eigenvalue weighted by molar-refractivity contribution is -0.169. The Labute approximate surface area is 122 Å². The molecule has 118 valence electrons. The highest BCUT2D eigenvalue weighted by Gasteiger charge is 2.48. The number of nitrogens with one attached hydrogen (secondary N) is 2. The van der Waals surface area contributed by atoms with Crippen molar-refractivity contribution in [3.05, 3.63) is 48.0 Å².